The molecule has 0 atom stereocenters. The number of rotatable bonds is 5. The van der Waals surface area contributed by atoms with E-state index in [0.29, 0.717) is 10.8 Å². The molecule has 2 aromatic heterocycles. The molecule has 7 nitrogen and oxygen atoms in total. The third-order valence-corrected chi connectivity index (χ3v) is 5.59. The predicted octanol–water partition coefficient (Wildman–Crippen LogP) is 3.37. The Morgan fingerprint density at radius 1 is 1.10 bits per heavy atom. The lowest BCUT2D eigenvalue weighted by Crippen LogP contribution is -2.20. The smallest absolute Gasteiger partial charge is 0.300 e. The molecule has 0 aliphatic carbocycles. The molecule has 0 saturated heterocycles. The van der Waals surface area contributed by atoms with Crippen LogP contribution in [0.4, 0.5) is 10.1 Å². The van der Waals surface area contributed by atoms with Gasteiger partial charge < -0.3 is 5.32 Å². The Kier molecular flexibility index (Phi) is 5.37. The number of carbonyl (C=O) groups is 1. The van der Waals surface area contributed by atoms with E-state index in [2.05, 4.69) is 15.5 Å². The van der Waals surface area contributed by atoms with E-state index in [4.69, 9.17) is 0 Å². The molecule has 0 radical (unpaired) electrons. The molecule has 0 spiro atoms. The van der Waals surface area contributed by atoms with Gasteiger partial charge in [0, 0.05) is 23.8 Å². The molecule has 1 N–H and O–H groups in total. The molecular weight excluding hydrogens is 405 g/mol. The van der Waals surface area contributed by atoms with E-state index in [1.54, 1.807) is 22.9 Å². The van der Waals surface area contributed by atoms with Crippen LogP contribution in [0.2, 0.25) is 0 Å². The molecule has 1 amide bonds. The Bertz CT molecular complexity index is 1310. The van der Waals surface area contributed by atoms with Crippen molar-refractivity contribution >= 4 is 29.0 Å². The van der Waals surface area contributed by atoms with E-state index < -0.39 is 5.82 Å². The van der Waals surface area contributed by atoms with Gasteiger partial charge in [0.25, 0.3) is 0 Å². The number of aromatic nitrogens is 4. The van der Waals surface area contributed by atoms with Crippen LogP contribution in [0.1, 0.15) is 11.1 Å². The molecular formula is C21H18FN5O2S. The second-order valence-electron chi connectivity index (χ2n) is 6.77. The highest BCUT2D eigenvalue weighted by molar-refractivity contribution is 7.99. The number of aryl methyl sites for hydroxylation is 2. The second-order valence-corrected chi connectivity index (χ2v) is 7.71. The molecule has 152 valence electrons. The lowest BCUT2D eigenvalue weighted by Gasteiger charge is -2.09. The first-order chi connectivity index (χ1) is 14.4. The molecule has 0 fully saturated rings. The number of nitrogens with zero attached hydrogens (tertiary/aromatic N) is 4. The molecule has 2 aromatic carbocycles. The van der Waals surface area contributed by atoms with Crippen LogP contribution in [0.5, 0.6) is 0 Å². The van der Waals surface area contributed by atoms with Crippen molar-refractivity contribution in [3.63, 3.8) is 0 Å². The maximum atomic E-state index is 13.2. The SMILES string of the molecule is Cc1ccc(-n2ccn3c(SCC(=O)Nc4cccc(F)c4)nnc3c2=O)cc1C. The van der Waals surface area contributed by atoms with Crippen LogP contribution >= 0.6 is 11.8 Å². The van der Waals surface area contributed by atoms with Gasteiger partial charge in [-0.15, -0.1) is 10.2 Å². The minimum absolute atomic E-state index is 0.0392. The molecule has 4 rings (SSSR count). The van der Waals surface area contributed by atoms with Gasteiger partial charge >= 0.3 is 5.56 Å². The van der Waals surface area contributed by atoms with Gasteiger partial charge in [-0.3, -0.25) is 18.6 Å². The van der Waals surface area contributed by atoms with E-state index in [9.17, 15) is 14.0 Å². The summed E-state index contributed by atoms with van der Waals surface area (Å²) >= 11 is 1.14. The average molecular weight is 423 g/mol. The highest BCUT2D eigenvalue weighted by Crippen LogP contribution is 2.18. The average Bonchev–Trinajstić information content (AvgIpc) is 3.13. The predicted molar refractivity (Wildman–Crippen MR) is 114 cm³/mol. The van der Waals surface area contributed by atoms with E-state index in [1.165, 1.54) is 22.8 Å². The number of carbonyl (C=O) groups excluding carboxylic acids is 1. The van der Waals surface area contributed by atoms with Gasteiger partial charge in [-0.1, -0.05) is 23.9 Å². The standard InChI is InChI=1S/C21H18FN5O2S/c1-13-6-7-17(10-14(13)2)26-8-9-27-19(20(26)29)24-25-21(27)30-12-18(28)23-16-5-3-4-15(22)11-16/h3-11H,12H2,1-2H3,(H,23,28). The fourth-order valence-corrected chi connectivity index (χ4v) is 3.65. The summed E-state index contributed by atoms with van der Waals surface area (Å²) in [5, 5.41) is 11.1. The number of fused-ring (bicyclic) bond motifs is 1. The zero-order valence-corrected chi connectivity index (χ0v) is 17.1. The number of anilines is 1. The molecule has 0 aliphatic heterocycles. The molecule has 30 heavy (non-hydrogen) atoms. The van der Waals surface area contributed by atoms with Crippen LogP contribution in [-0.2, 0) is 4.79 Å². The normalized spacial score (nSPS) is 11.0. The van der Waals surface area contributed by atoms with Gasteiger partial charge in [0.15, 0.2) is 5.16 Å². The van der Waals surface area contributed by atoms with Crippen LogP contribution in [0.3, 0.4) is 0 Å². The maximum Gasteiger partial charge on any atom is 0.300 e. The van der Waals surface area contributed by atoms with Crippen LogP contribution in [0.25, 0.3) is 11.3 Å². The summed E-state index contributed by atoms with van der Waals surface area (Å²) in [6.45, 7) is 4.00. The lowest BCUT2D eigenvalue weighted by molar-refractivity contribution is -0.113. The molecule has 4 aromatic rings. The van der Waals surface area contributed by atoms with E-state index in [0.717, 1.165) is 28.6 Å². The number of halogens is 1. The van der Waals surface area contributed by atoms with Gasteiger partial charge in [-0.2, -0.15) is 0 Å². The Morgan fingerprint density at radius 2 is 1.93 bits per heavy atom. The lowest BCUT2D eigenvalue weighted by atomic mass is 10.1. The van der Waals surface area contributed by atoms with Gasteiger partial charge in [0.1, 0.15) is 5.82 Å². The number of hydrogen-bond acceptors (Lipinski definition) is 5. The van der Waals surface area contributed by atoms with Crippen molar-refractivity contribution in [1.29, 1.82) is 0 Å². The highest BCUT2D eigenvalue weighted by atomic mass is 32.2. The van der Waals surface area contributed by atoms with Crippen LogP contribution in [0, 0.1) is 19.7 Å². The largest absolute Gasteiger partial charge is 0.325 e. The van der Waals surface area contributed by atoms with Crippen molar-refractivity contribution < 1.29 is 9.18 Å². The minimum atomic E-state index is -0.427. The number of benzene rings is 2. The third kappa shape index (κ3) is 3.97. The molecule has 0 saturated carbocycles. The zero-order valence-electron chi connectivity index (χ0n) is 16.3. The third-order valence-electron chi connectivity index (χ3n) is 4.65. The van der Waals surface area contributed by atoms with Gasteiger partial charge in [-0.25, -0.2) is 4.39 Å². The fraction of sp³-hybridized carbons (Fsp3) is 0.143. The summed E-state index contributed by atoms with van der Waals surface area (Å²) in [5.74, 6) is -0.702. The monoisotopic (exact) mass is 423 g/mol. The van der Waals surface area contributed by atoms with Crippen molar-refractivity contribution in [3.05, 3.63) is 82.2 Å². The molecule has 2 heterocycles. The molecule has 9 heteroatoms. The first-order valence-corrected chi connectivity index (χ1v) is 10.1. The summed E-state index contributed by atoms with van der Waals surface area (Å²) in [6.07, 6.45) is 3.35. The Balaban J connectivity index is 1.53. The second kappa shape index (κ2) is 8.11. The topological polar surface area (TPSA) is 81.3 Å². The number of amides is 1. The van der Waals surface area contributed by atoms with Gasteiger partial charge in [0.05, 0.1) is 5.75 Å². The van der Waals surface area contributed by atoms with E-state index >= 15 is 0 Å². The Hall–Kier alpha value is -3.46. The number of thioether (sulfide) groups is 1. The van der Waals surface area contributed by atoms with Crippen LogP contribution in [0.15, 0.2) is 64.8 Å². The van der Waals surface area contributed by atoms with Crippen molar-refractivity contribution in [2.24, 2.45) is 0 Å². The maximum absolute atomic E-state index is 13.2. The van der Waals surface area contributed by atoms with Crippen molar-refractivity contribution in [3.8, 4) is 5.69 Å². The molecule has 0 bridgehead atoms. The molecule has 0 aliphatic rings. The Morgan fingerprint density at radius 3 is 2.70 bits per heavy atom. The summed E-state index contributed by atoms with van der Waals surface area (Å²) in [5.41, 5.74) is 3.22. The first-order valence-electron chi connectivity index (χ1n) is 9.14. The minimum Gasteiger partial charge on any atom is -0.325 e. The summed E-state index contributed by atoms with van der Waals surface area (Å²) in [6, 6.07) is 11.4. The number of nitrogens with one attached hydrogen (secondary N) is 1. The van der Waals surface area contributed by atoms with E-state index in [-0.39, 0.29) is 22.9 Å². The number of hydrogen-bond donors (Lipinski definition) is 1. The summed E-state index contributed by atoms with van der Waals surface area (Å²) in [4.78, 5) is 25.0. The van der Waals surface area contributed by atoms with Crippen LogP contribution < -0.4 is 10.9 Å². The Labute approximate surface area is 175 Å². The summed E-state index contributed by atoms with van der Waals surface area (Å²) < 4.78 is 16.3. The first kappa shape index (κ1) is 19.8. The van der Waals surface area contributed by atoms with Gasteiger partial charge in [-0.05, 0) is 55.3 Å². The van der Waals surface area contributed by atoms with Gasteiger partial charge in [0.2, 0.25) is 11.6 Å². The highest BCUT2D eigenvalue weighted by Gasteiger charge is 2.14. The van der Waals surface area contributed by atoms with Crippen LogP contribution in [-0.4, -0.2) is 30.8 Å². The van der Waals surface area contributed by atoms with E-state index in [1.807, 2.05) is 32.0 Å². The summed E-state index contributed by atoms with van der Waals surface area (Å²) in [7, 11) is 0. The fourth-order valence-electron chi connectivity index (χ4n) is 2.94. The quantitative estimate of drug-likeness (QED) is 0.498. The molecule has 0 unspecified atom stereocenters. The van der Waals surface area contributed by atoms with Crippen molar-refractivity contribution in [2.45, 2.75) is 19.0 Å². The van der Waals surface area contributed by atoms with Crippen molar-refractivity contribution in [1.82, 2.24) is 19.2 Å². The van der Waals surface area contributed by atoms with Crippen molar-refractivity contribution in [2.75, 3.05) is 11.1 Å². The zero-order chi connectivity index (χ0) is 21.3.